The van der Waals surface area contributed by atoms with E-state index in [0.717, 1.165) is 6.54 Å². The van der Waals surface area contributed by atoms with Crippen LogP contribution < -0.4 is 5.32 Å². The molecule has 3 unspecified atom stereocenters. The topological polar surface area (TPSA) is 52.9 Å². The van der Waals surface area contributed by atoms with Crippen LogP contribution in [0.1, 0.15) is 46.0 Å². The summed E-state index contributed by atoms with van der Waals surface area (Å²) < 4.78 is 0. The van der Waals surface area contributed by atoms with Gasteiger partial charge in [-0.15, -0.1) is 0 Å². The highest BCUT2D eigenvalue weighted by Crippen LogP contribution is 2.28. The van der Waals surface area contributed by atoms with Crippen molar-refractivity contribution in [1.82, 2.24) is 5.32 Å². The summed E-state index contributed by atoms with van der Waals surface area (Å²) in [6.07, 6.45) is 5.69. The molecule has 0 saturated heterocycles. The van der Waals surface area contributed by atoms with Crippen molar-refractivity contribution in [3.8, 4) is 6.07 Å². The van der Waals surface area contributed by atoms with Crippen molar-refractivity contribution in [2.45, 2.75) is 46.0 Å². The molecule has 0 aromatic heterocycles. The third-order valence-electron chi connectivity index (χ3n) is 3.71. The molecule has 1 amide bonds. The van der Waals surface area contributed by atoms with E-state index >= 15 is 0 Å². The zero-order chi connectivity index (χ0) is 12.0. The molecule has 0 heterocycles. The van der Waals surface area contributed by atoms with Crippen LogP contribution in [-0.4, -0.2) is 12.5 Å². The Morgan fingerprint density at radius 2 is 2.19 bits per heavy atom. The minimum absolute atomic E-state index is 0.0947. The van der Waals surface area contributed by atoms with Crippen molar-refractivity contribution >= 4 is 5.91 Å². The quantitative estimate of drug-likeness (QED) is 0.794. The maximum Gasteiger partial charge on any atom is 0.237 e. The van der Waals surface area contributed by atoms with Crippen molar-refractivity contribution in [3.05, 3.63) is 0 Å². The Kier molecular flexibility index (Phi) is 5.31. The highest BCUT2D eigenvalue weighted by atomic mass is 16.1. The van der Waals surface area contributed by atoms with E-state index in [2.05, 4.69) is 12.2 Å². The van der Waals surface area contributed by atoms with E-state index in [9.17, 15) is 4.79 Å². The average molecular weight is 222 g/mol. The second-order valence-corrected chi connectivity index (χ2v) is 4.86. The lowest BCUT2D eigenvalue weighted by Crippen LogP contribution is -2.36. The van der Waals surface area contributed by atoms with Crippen LogP contribution in [0.15, 0.2) is 0 Å². The van der Waals surface area contributed by atoms with Crippen molar-refractivity contribution in [1.29, 1.82) is 5.26 Å². The Morgan fingerprint density at radius 3 is 2.75 bits per heavy atom. The van der Waals surface area contributed by atoms with Crippen molar-refractivity contribution in [2.75, 3.05) is 6.54 Å². The van der Waals surface area contributed by atoms with Gasteiger partial charge in [-0.05, 0) is 24.7 Å². The Morgan fingerprint density at radius 1 is 1.50 bits per heavy atom. The van der Waals surface area contributed by atoms with Crippen LogP contribution in [0.2, 0.25) is 0 Å². The number of hydrogen-bond acceptors (Lipinski definition) is 2. The fourth-order valence-electron chi connectivity index (χ4n) is 2.39. The molecule has 90 valence electrons. The minimum atomic E-state index is -0.473. The Balaban J connectivity index is 2.33. The number of carbonyl (C=O) groups excluding carboxylic acids is 1. The number of carbonyl (C=O) groups is 1. The van der Waals surface area contributed by atoms with E-state index < -0.39 is 5.92 Å². The molecule has 0 aromatic carbocycles. The predicted molar refractivity (Wildman–Crippen MR) is 63.5 cm³/mol. The summed E-state index contributed by atoms with van der Waals surface area (Å²) in [5, 5.41) is 11.7. The summed E-state index contributed by atoms with van der Waals surface area (Å²) in [4.78, 5) is 11.6. The van der Waals surface area contributed by atoms with Gasteiger partial charge in [-0.1, -0.05) is 33.1 Å². The normalized spacial score (nSPS) is 26.8. The molecule has 0 radical (unpaired) electrons. The number of nitriles is 1. The summed E-state index contributed by atoms with van der Waals surface area (Å²) in [5.41, 5.74) is 0. The van der Waals surface area contributed by atoms with Gasteiger partial charge < -0.3 is 5.32 Å². The molecular weight excluding hydrogens is 200 g/mol. The third-order valence-corrected chi connectivity index (χ3v) is 3.71. The number of nitrogens with zero attached hydrogens (tertiary/aromatic N) is 1. The molecule has 0 aromatic rings. The van der Waals surface area contributed by atoms with Gasteiger partial charge in [-0.25, -0.2) is 0 Å². The van der Waals surface area contributed by atoms with Gasteiger partial charge in [0.25, 0.3) is 0 Å². The van der Waals surface area contributed by atoms with Gasteiger partial charge in [0.2, 0.25) is 5.91 Å². The van der Waals surface area contributed by atoms with Crippen LogP contribution in [0.3, 0.4) is 0 Å². The Bertz CT molecular complexity index is 270. The molecule has 1 rings (SSSR count). The predicted octanol–water partition coefficient (Wildman–Crippen LogP) is 2.48. The maximum absolute atomic E-state index is 11.6. The standard InChI is InChI=1S/C13H22N2O/c1-3-11(8-14)13(16)15-9-12-7-5-4-6-10(12)2/h10-12H,3-7,9H2,1-2H3,(H,15,16). The first kappa shape index (κ1) is 13.0. The Hall–Kier alpha value is -1.04. The van der Waals surface area contributed by atoms with Gasteiger partial charge in [0, 0.05) is 6.54 Å². The molecule has 0 aliphatic heterocycles. The first-order valence-corrected chi connectivity index (χ1v) is 6.36. The molecule has 1 fully saturated rings. The van der Waals surface area contributed by atoms with Crippen LogP contribution in [0, 0.1) is 29.1 Å². The lowest BCUT2D eigenvalue weighted by atomic mass is 9.80. The van der Waals surface area contributed by atoms with E-state index in [1.807, 2.05) is 13.0 Å². The van der Waals surface area contributed by atoms with Crippen LogP contribution >= 0.6 is 0 Å². The fourth-order valence-corrected chi connectivity index (χ4v) is 2.39. The number of amides is 1. The van der Waals surface area contributed by atoms with Crippen molar-refractivity contribution < 1.29 is 4.79 Å². The van der Waals surface area contributed by atoms with Crippen molar-refractivity contribution in [3.63, 3.8) is 0 Å². The van der Waals surface area contributed by atoms with Crippen LogP contribution in [0.25, 0.3) is 0 Å². The minimum Gasteiger partial charge on any atom is -0.355 e. The number of nitrogens with one attached hydrogen (secondary N) is 1. The summed E-state index contributed by atoms with van der Waals surface area (Å²) in [7, 11) is 0. The molecule has 3 heteroatoms. The SMILES string of the molecule is CCC(C#N)C(=O)NCC1CCCCC1C. The first-order valence-electron chi connectivity index (χ1n) is 6.36. The van der Waals surface area contributed by atoms with Gasteiger partial charge in [-0.2, -0.15) is 5.26 Å². The third kappa shape index (κ3) is 3.52. The molecule has 3 nitrogen and oxygen atoms in total. The zero-order valence-electron chi connectivity index (χ0n) is 10.3. The molecule has 16 heavy (non-hydrogen) atoms. The zero-order valence-corrected chi connectivity index (χ0v) is 10.3. The molecule has 0 spiro atoms. The number of hydrogen-bond donors (Lipinski definition) is 1. The molecular formula is C13H22N2O. The van der Waals surface area contributed by atoms with Gasteiger partial charge in [0.1, 0.15) is 5.92 Å². The molecule has 1 N–H and O–H groups in total. The smallest absolute Gasteiger partial charge is 0.237 e. The average Bonchev–Trinajstić information content (AvgIpc) is 2.29. The van der Waals surface area contributed by atoms with Crippen LogP contribution in [0.4, 0.5) is 0 Å². The Labute approximate surface area is 98.2 Å². The molecule has 1 saturated carbocycles. The van der Waals surface area contributed by atoms with E-state index in [1.165, 1.54) is 25.7 Å². The van der Waals surface area contributed by atoms with Crippen molar-refractivity contribution in [2.24, 2.45) is 17.8 Å². The highest BCUT2D eigenvalue weighted by Gasteiger charge is 2.23. The molecule has 0 bridgehead atoms. The monoisotopic (exact) mass is 222 g/mol. The van der Waals surface area contributed by atoms with Gasteiger partial charge in [0.05, 0.1) is 6.07 Å². The largest absolute Gasteiger partial charge is 0.355 e. The highest BCUT2D eigenvalue weighted by molar-refractivity contribution is 5.80. The number of rotatable bonds is 4. The summed E-state index contributed by atoms with van der Waals surface area (Å²) >= 11 is 0. The second-order valence-electron chi connectivity index (χ2n) is 4.86. The molecule has 1 aliphatic rings. The summed E-state index contributed by atoms with van der Waals surface area (Å²) in [5.74, 6) is 0.742. The lowest BCUT2D eigenvalue weighted by molar-refractivity contribution is -0.123. The van der Waals surface area contributed by atoms with Gasteiger partial charge >= 0.3 is 0 Å². The van der Waals surface area contributed by atoms with E-state index in [1.54, 1.807) is 0 Å². The van der Waals surface area contributed by atoms with Crippen LogP contribution in [-0.2, 0) is 4.79 Å². The summed E-state index contributed by atoms with van der Waals surface area (Å²) in [6, 6.07) is 2.04. The van der Waals surface area contributed by atoms with Crippen LogP contribution in [0.5, 0.6) is 0 Å². The fraction of sp³-hybridized carbons (Fsp3) is 0.846. The summed E-state index contributed by atoms with van der Waals surface area (Å²) in [6.45, 7) is 4.88. The van der Waals surface area contributed by atoms with Gasteiger partial charge in [-0.3, -0.25) is 4.79 Å². The lowest BCUT2D eigenvalue weighted by Gasteiger charge is -2.29. The first-order chi connectivity index (χ1) is 7.69. The maximum atomic E-state index is 11.6. The van der Waals surface area contributed by atoms with E-state index in [4.69, 9.17) is 5.26 Å². The molecule has 1 aliphatic carbocycles. The van der Waals surface area contributed by atoms with E-state index in [0.29, 0.717) is 18.3 Å². The second kappa shape index (κ2) is 6.52. The van der Waals surface area contributed by atoms with E-state index in [-0.39, 0.29) is 5.91 Å². The van der Waals surface area contributed by atoms with Gasteiger partial charge in [0.15, 0.2) is 0 Å². The molecule has 3 atom stereocenters.